The molecule has 20 heavy (non-hydrogen) atoms. The number of H-pyrrole nitrogens is 1. The maximum Gasteiger partial charge on any atom is 0.290 e. The van der Waals surface area contributed by atoms with E-state index in [9.17, 15) is 9.18 Å². The van der Waals surface area contributed by atoms with E-state index in [4.69, 9.17) is 4.52 Å². The average molecular weight is 279 g/mol. The van der Waals surface area contributed by atoms with Crippen molar-refractivity contribution in [2.75, 3.05) is 0 Å². The lowest BCUT2D eigenvalue weighted by molar-refractivity contribution is 0.0913. The average Bonchev–Trinajstić information content (AvgIpc) is 3.07. The van der Waals surface area contributed by atoms with E-state index < -0.39 is 17.1 Å². The minimum atomic E-state index is -0.982. The van der Waals surface area contributed by atoms with Crippen molar-refractivity contribution in [3.63, 3.8) is 0 Å². The van der Waals surface area contributed by atoms with E-state index in [1.807, 2.05) is 0 Å². The Bertz CT molecular complexity index is 618. The van der Waals surface area contributed by atoms with E-state index >= 15 is 0 Å². The summed E-state index contributed by atoms with van der Waals surface area (Å²) in [5.74, 6) is -0.179. The highest BCUT2D eigenvalue weighted by Gasteiger charge is 2.29. The van der Waals surface area contributed by atoms with Crippen molar-refractivity contribution >= 4 is 5.91 Å². The Labute approximate surface area is 114 Å². The summed E-state index contributed by atoms with van der Waals surface area (Å²) in [5, 5.41) is 12.6. The summed E-state index contributed by atoms with van der Waals surface area (Å²) in [4.78, 5) is 15.7. The number of hydrogen-bond donors (Lipinski definition) is 2. The maximum absolute atomic E-state index is 13.3. The molecule has 2 aromatic rings. The van der Waals surface area contributed by atoms with Crippen molar-refractivity contribution in [2.24, 2.45) is 0 Å². The second kappa shape index (κ2) is 5.24. The van der Waals surface area contributed by atoms with Crippen molar-refractivity contribution in [1.29, 1.82) is 0 Å². The maximum atomic E-state index is 13.3. The first-order chi connectivity index (χ1) is 9.41. The molecule has 2 heterocycles. The Kier molecular flexibility index (Phi) is 3.64. The minimum absolute atomic E-state index is 0.0993. The molecule has 0 aliphatic heterocycles. The van der Waals surface area contributed by atoms with Gasteiger partial charge in [-0.05, 0) is 13.8 Å². The molecule has 0 radical (unpaired) electrons. The summed E-state index contributed by atoms with van der Waals surface area (Å²) in [6.45, 7) is 6.62. The number of carbonyl (C=O) groups is 1. The van der Waals surface area contributed by atoms with Crippen molar-refractivity contribution in [1.82, 2.24) is 25.7 Å². The highest BCUT2D eigenvalue weighted by molar-refractivity contribution is 5.91. The van der Waals surface area contributed by atoms with Gasteiger partial charge in [-0.15, -0.1) is 0 Å². The third-order valence-corrected chi connectivity index (χ3v) is 2.85. The SMILES string of the molecule is C=C(F)C(C)(C)c1n[nH]c(CNC(=O)c2ccno2)n1. The van der Waals surface area contributed by atoms with Gasteiger partial charge in [0.15, 0.2) is 5.82 Å². The fourth-order valence-corrected chi connectivity index (χ4v) is 1.36. The number of rotatable bonds is 5. The number of carbonyl (C=O) groups excluding carboxylic acids is 1. The molecule has 0 fully saturated rings. The van der Waals surface area contributed by atoms with Crippen LogP contribution in [0.15, 0.2) is 29.2 Å². The van der Waals surface area contributed by atoms with Crippen LogP contribution < -0.4 is 5.32 Å². The lowest BCUT2D eigenvalue weighted by Gasteiger charge is -2.17. The Morgan fingerprint density at radius 3 is 2.95 bits per heavy atom. The first-order valence-electron chi connectivity index (χ1n) is 5.87. The van der Waals surface area contributed by atoms with E-state index in [-0.39, 0.29) is 18.1 Å². The van der Waals surface area contributed by atoms with E-state index in [1.54, 1.807) is 13.8 Å². The summed E-state index contributed by atoms with van der Waals surface area (Å²) < 4.78 is 18.0. The van der Waals surface area contributed by atoms with Gasteiger partial charge in [-0.2, -0.15) is 5.10 Å². The normalized spacial score (nSPS) is 11.3. The Balaban J connectivity index is 2.00. The van der Waals surface area contributed by atoms with Gasteiger partial charge in [0.2, 0.25) is 5.76 Å². The van der Waals surface area contributed by atoms with E-state index in [0.717, 1.165) is 0 Å². The number of nitrogens with zero attached hydrogens (tertiary/aromatic N) is 3. The molecule has 106 valence electrons. The van der Waals surface area contributed by atoms with Crippen LogP contribution in [-0.2, 0) is 12.0 Å². The van der Waals surface area contributed by atoms with Crippen LogP contribution in [0, 0.1) is 0 Å². The zero-order chi connectivity index (χ0) is 14.8. The van der Waals surface area contributed by atoms with Crippen LogP contribution >= 0.6 is 0 Å². The molecular formula is C12H14FN5O2. The van der Waals surface area contributed by atoms with Gasteiger partial charge >= 0.3 is 0 Å². The van der Waals surface area contributed by atoms with Crippen molar-refractivity contribution in [2.45, 2.75) is 25.8 Å². The van der Waals surface area contributed by atoms with Gasteiger partial charge in [0.05, 0.1) is 18.2 Å². The number of aromatic amines is 1. The smallest absolute Gasteiger partial charge is 0.290 e. The summed E-state index contributed by atoms with van der Waals surface area (Å²) >= 11 is 0. The van der Waals surface area contributed by atoms with Crippen LogP contribution in [0.5, 0.6) is 0 Å². The molecule has 0 aromatic carbocycles. The monoisotopic (exact) mass is 279 g/mol. The van der Waals surface area contributed by atoms with Gasteiger partial charge in [-0.25, -0.2) is 9.37 Å². The number of halogens is 1. The van der Waals surface area contributed by atoms with Crippen LogP contribution in [-0.4, -0.2) is 26.2 Å². The molecule has 1 amide bonds. The molecule has 0 saturated heterocycles. The zero-order valence-electron chi connectivity index (χ0n) is 11.1. The standard InChI is InChI=1S/C12H14FN5O2/c1-7(13)12(2,3)11-16-9(17-18-11)6-14-10(19)8-4-5-15-20-8/h4-5H,1,6H2,2-3H3,(H,14,19)(H,16,17,18). The predicted molar refractivity (Wildman–Crippen MR) is 67.3 cm³/mol. The van der Waals surface area contributed by atoms with Gasteiger partial charge in [0, 0.05) is 6.07 Å². The van der Waals surface area contributed by atoms with Gasteiger partial charge < -0.3 is 9.84 Å². The lowest BCUT2D eigenvalue weighted by Crippen LogP contribution is -2.23. The molecule has 2 N–H and O–H groups in total. The number of amides is 1. The molecule has 0 aliphatic carbocycles. The number of aromatic nitrogens is 4. The first-order valence-corrected chi connectivity index (χ1v) is 5.87. The molecule has 0 unspecified atom stereocenters. The molecule has 2 aromatic heterocycles. The van der Waals surface area contributed by atoms with Crippen LogP contribution in [0.4, 0.5) is 4.39 Å². The molecule has 0 saturated carbocycles. The highest BCUT2D eigenvalue weighted by atomic mass is 19.1. The van der Waals surface area contributed by atoms with Crippen molar-refractivity contribution in [3.05, 3.63) is 42.1 Å². The first kappa shape index (κ1) is 13.9. The summed E-state index contributed by atoms with van der Waals surface area (Å²) in [6, 6.07) is 1.44. The van der Waals surface area contributed by atoms with E-state index in [0.29, 0.717) is 5.82 Å². The van der Waals surface area contributed by atoms with Gasteiger partial charge in [-0.3, -0.25) is 9.89 Å². The van der Waals surface area contributed by atoms with E-state index in [1.165, 1.54) is 12.3 Å². The zero-order valence-corrected chi connectivity index (χ0v) is 11.1. The molecule has 0 bridgehead atoms. The van der Waals surface area contributed by atoms with Gasteiger partial charge in [0.1, 0.15) is 11.7 Å². The van der Waals surface area contributed by atoms with Crippen molar-refractivity contribution < 1.29 is 13.7 Å². The van der Waals surface area contributed by atoms with Crippen LogP contribution in [0.25, 0.3) is 0 Å². The van der Waals surface area contributed by atoms with Crippen LogP contribution in [0.3, 0.4) is 0 Å². The predicted octanol–water partition coefficient (Wildman–Crippen LogP) is 1.48. The topological polar surface area (TPSA) is 96.7 Å². The Morgan fingerprint density at radius 1 is 1.60 bits per heavy atom. The largest absolute Gasteiger partial charge is 0.351 e. The third-order valence-electron chi connectivity index (χ3n) is 2.85. The van der Waals surface area contributed by atoms with Crippen molar-refractivity contribution in [3.8, 4) is 0 Å². The van der Waals surface area contributed by atoms with Crippen LogP contribution in [0.1, 0.15) is 36.1 Å². The van der Waals surface area contributed by atoms with E-state index in [2.05, 4.69) is 32.2 Å². The third kappa shape index (κ3) is 2.73. The summed E-state index contributed by atoms with van der Waals surface area (Å²) in [6.07, 6.45) is 1.37. The Morgan fingerprint density at radius 2 is 2.35 bits per heavy atom. The number of hydrogen-bond acceptors (Lipinski definition) is 5. The lowest BCUT2D eigenvalue weighted by atomic mass is 9.92. The molecule has 7 nitrogen and oxygen atoms in total. The molecule has 0 spiro atoms. The number of nitrogens with one attached hydrogen (secondary N) is 2. The molecule has 2 rings (SSSR count). The number of allylic oxidation sites excluding steroid dienone is 1. The summed E-state index contributed by atoms with van der Waals surface area (Å²) in [5.41, 5.74) is -0.982. The Hall–Kier alpha value is -2.51. The van der Waals surface area contributed by atoms with Crippen LogP contribution in [0.2, 0.25) is 0 Å². The molecule has 8 heteroatoms. The fraction of sp³-hybridized carbons (Fsp3) is 0.333. The summed E-state index contributed by atoms with van der Waals surface area (Å²) in [7, 11) is 0. The highest BCUT2D eigenvalue weighted by Crippen LogP contribution is 2.28. The quantitative estimate of drug-likeness (QED) is 0.864. The molecule has 0 aliphatic rings. The minimum Gasteiger partial charge on any atom is -0.351 e. The second-order valence-electron chi connectivity index (χ2n) is 4.69. The second-order valence-corrected chi connectivity index (χ2v) is 4.69. The van der Waals surface area contributed by atoms with Gasteiger partial charge in [-0.1, -0.05) is 11.7 Å². The molecule has 0 atom stereocenters. The van der Waals surface area contributed by atoms with Gasteiger partial charge in [0.25, 0.3) is 5.91 Å². The molecular weight excluding hydrogens is 265 g/mol. The fourth-order valence-electron chi connectivity index (χ4n) is 1.36.